The van der Waals surface area contributed by atoms with Gasteiger partial charge in [0.2, 0.25) is 0 Å². The lowest BCUT2D eigenvalue weighted by molar-refractivity contribution is 0.0287. The fourth-order valence-corrected chi connectivity index (χ4v) is 4.03. The summed E-state index contributed by atoms with van der Waals surface area (Å²) in [5.74, 6) is 0.360. The van der Waals surface area contributed by atoms with E-state index in [1.807, 2.05) is 38.1 Å². The molecule has 2 atom stereocenters. The van der Waals surface area contributed by atoms with Gasteiger partial charge in [-0.1, -0.05) is 29.8 Å². The molecular formula is C21H24BrNO4. The molecule has 1 aliphatic heterocycles. The number of carbonyl (C=O) groups excluding carboxylic acids is 1. The summed E-state index contributed by atoms with van der Waals surface area (Å²) in [5, 5.41) is 14.6. The average molecular weight is 434 g/mol. The van der Waals surface area contributed by atoms with Crippen molar-refractivity contribution in [3.63, 3.8) is 0 Å². The van der Waals surface area contributed by atoms with Crippen LogP contribution < -0.4 is 10.1 Å². The maximum Gasteiger partial charge on any atom is 0.338 e. The lowest BCUT2D eigenvalue weighted by Gasteiger charge is -2.45. The number of esters is 1. The number of ether oxygens (including phenoxy) is 2. The van der Waals surface area contributed by atoms with E-state index in [2.05, 4.69) is 21.2 Å². The summed E-state index contributed by atoms with van der Waals surface area (Å²) in [6, 6.07) is 11.0. The Hall–Kier alpha value is -2.05. The Morgan fingerprint density at radius 3 is 2.67 bits per heavy atom. The fraction of sp³-hybridized carbons (Fsp3) is 0.381. The molecule has 0 radical (unpaired) electrons. The Morgan fingerprint density at radius 2 is 2.00 bits per heavy atom. The third-order valence-electron chi connectivity index (χ3n) is 5.07. The van der Waals surface area contributed by atoms with Crippen LogP contribution in [0.1, 0.15) is 54.4 Å². The zero-order valence-corrected chi connectivity index (χ0v) is 17.5. The number of aliphatic hydroxyl groups is 1. The van der Waals surface area contributed by atoms with Crippen LogP contribution in [0.4, 0.5) is 5.69 Å². The van der Waals surface area contributed by atoms with Crippen molar-refractivity contribution in [3.05, 3.63) is 57.6 Å². The molecule has 3 rings (SSSR count). The van der Waals surface area contributed by atoms with Crippen molar-refractivity contribution in [2.24, 2.45) is 5.41 Å². The van der Waals surface area contributed by atoms with Crippen LogP contribution in [0.3, 0.4) is 0 Å². The van der Waals surface area contributed by atoms with Crippen molar-refractivity contribution in [1.82, 2.24) is 0 Å². The van der Waals surface area contributed by atoms with Crippen LogP contribution in [0.25, 0.3) is 0 Å². The molecular weight excluding hydrogens is 410 g/mol. The molecule has 0 saturated heterocycles. The molecule has 27 heavy (non-hydrogen) atoms. The highest BCUT2D eigenvalue weighted by atomic mass is 79.9. The summed E-state index contributed by atoms with van der Waals surface area (Å²) in [4.78, 5) is 12.0. The van der Waals surface area contributed by atoms with Gasteiger partial charge < -0.3 is 19.9 Å². The molecule has 0 fully saturated rings. The third-order valence-corrected chi connectivity index (χ3v) is 5.53. The van der Waals surface area contributed by atoms with E-state index in [0.29, 0.717) is 17.7 Å². The number of nitrogens with one attached hydrogen (secondary N) is 1. The molecule has 0 bridgehead atoms. The summed E-state index contributed by atoms with van der Waals surface area (Å²) in [5.41, 5.74) is 2.43. The molecule has 2 N–H and O–H groups in total. The largest absolute Gasteiger partial charge is 0.497 e. The first-order valence-corrected chi connectivity index (χ1v) is 9.67. The molecule has 2 unspecified atom stereocenters. The average Bonchev–Trinajstić information content (AvgIpc) is 2.64. The number of hydrogen-bond donors (Lipinski definition) is 2. The van der Waals surface area contributed by atoms with Crippen molar-refractivity contribution in [2.45, 2.75) is 32.9 Å². The van der Waals surface area contributed by atoms with Gasteiger partial charge in [-0.25, -0.2) is 4.79 Å². The van der Waals surface area contributed by atoms with Gasteiger partial charge in [-0.3, -0.25) is 0 Å². The number of carbonyl (C=O) groups is 1. The van der Waals surface area contributed by atoms with Crippen molar-refractivity contribution in [1.29, 1.82) is 0 Å². The van der Waals surface area contributed by atoms with Gasteiger partial charge in [0.25, 0.3) is 0 Å². The number of benzene rings is 2. The predicted molar refractivity (Wildman–Crippen MR) is 108 cm³/mol. The Bertz CT molecular complexity index is 865. The molecule has 1 aliphatic rings. The van der Waals surface area contributed by atoms with Gasteiger partial charge in [0.15, 0.2) is 0 Å². The first kappa shape index (κ1) is 19.7. The van der Waals surface area contributed by atoms with Gasteiger partial charge in [-0.2, -0.15) is 0 Å². The molecule has 2 aromatic rings. The number of aliphatic hydroxyl groups excluding tert-OH is 1. The minimum absolute atomic E-state index is 0.139. The summed E-state index contributed by atoms with van der Waals surface area (Å²) < 4.78 is 11.4. The van der Waals surface area contributed by atoms with Crippen LogP contribution in [0.2, 0.25) is 0 Å². The van der Waals surface area contributed by atoms with Crippen LogP contribution in [-0.2, 0) is 4.74 Å². The van der Waals surface area contributed by atoms with E-state index in [0.717, 1.165) is 21.5 Å². The highest BCUT2D eigenvalue weighted by Gasteiger charge is 2.43. The lowest BCUT2D eigenvalue weighted by atomic mass is 9.70. The van der Waals surface area contributed by atoms with Gasteiger partial charge in [0, 0.05) is 21.1 Å². The minimum Gasteiger partial charge on any atom is -0.497 e. The molecule has 0 amide bonds. The van der Waals surface area contributed by atoms with Gasteiger partial charge in [0.1, 0.15) is 5.75 Å². The van der Waals surface area contributed by atoms with E-state index < -0.39 is 11.5 Å². The number of rotatable bonds is 4. The van der Waals surface area contributed by atoms with Crippen molar-refractivity contribution in [2.75, 3.05) is 19.0 Å². The fourth-order valence-electron chi connectivity index (χ4n) is 3.54. The quantitative estimate of drug-likeness (QED) is 0.673. The standard InChI is InChI=1S/C21H24BrNO4/c1-5-27-20(25)12-6-7-17-16(10-12)19(24)21(2,3)18(23-17)13-8-14(22)11-15(9-13)26-4/h6-11,18-19,23-24H,5H2,1-4H3. The number of methoxy groups -OCH3 is 1. The lowest BCUT2D eigenvalue weighted by Crippen LogP contribution is -2.38. The van der Waals surface area contributed by atoms with Gasteiger partial charge in [-0.05, 0) is 48.9 Å². The molecule has 0 aliphatic carbocycles. The summed E-state index contributed by atoms with van der Waals surface area (Å²) in [6.07, 6.45) is -0.752. The van der Waals surface area contributed by atoms with E-state index >= 15 is 0 Å². The van der Waals surface area contributed by atoms with Crippen LogP contribution in [0.15, 0.2) is 40.9 Å². The first-order chi connectivity index (χ1) is 12.8. The smallest absolute Gasteiger partial charge is 0.338 e. The zero-order valence-electron chi connectivity index (χ0n) is 15.9. The van der Waals surface area contributed by atoms with E-state index in [1.165, 1.54) is 0 Å². The van der Waals surface area contributed by atoms with E-state index in [-0.39, 0.29) is 12.0 Å². The number of halogens is 1. The second kappa shape index (κ2) is 7.52. The SMILES string of the molecule is CCOC(=O)c1ccc2c(c1)C(O)C(C)(C)C(c1cc(Br)cc(OC)c1)N2. The molecule has 2 aromatic carbocycles. The normalized spacial score (nSPS) is 20.4. The van der Waals surface area contributed by atoms with Crippen molar-refractivity contribution >= 4 is 27.6 Å². The summed E-state index contributed by atoms with van der Waals surface area (Å²) >= 11 is 3.52. The van der Waals surface area contributed by atoms with Crippen LogP contribution >= 0.6 is 15.9 Å². The molecule has 144 valence electrons. The van der Waals surface area contributed by atoms with Gasteiger partial charge >= 0.3 is 5.97 Å². The summed E-state index contributed by atoms with van der Waals surface area (Å²) in [7, 11) is 1.63. The maximum atomic E-state index is 12.0. The Balaban J connectivity index is 2.03. The number of anilines is 1. The van der Waals surface area contributed by atoms with Crippen LogP contribution in [0.5, 0.6) is 5.75 Å². The van der Waals surface area contributed by atoms with Crippen LogP contribution in [0, 0.1) is 5.41 Å². The Morgan fingerprint density at radius 1 is 1.26 bits per heavy atom. The Labute approximate surface area is 167 Å². The molecule has 5 nitrogen and oxygen atoms in total. The predicted octanol–water partition coefficient (Wildman–Crippen LogP) is 4.86. The molecule has 0 saturated carbocycles. The van der Waals surface area contributed by atoms with Crippen molar-refractivity contribution < 1.29 is 19.4 Å². The maximum absolute atomic E-state index is 12.0. The molecule has 1 heterocycles. The van der Waals surface area contributed by atoms with Gasteiger partial charge in [0.05, 0.1) is 31.4 Å². The Kier molecular flexibility index (Phi) is 5.49. The monoisotopic (exact) mass is 433 g/mol. The highest BCUT2D eigenvalue weighted by Crippen LogP contribution is 2.52. The molecule has 6 heteroatoms. The topological polar surface area (TPSA) is 67.8 Å². The summed E-state index contributed by atoms with van der Waals surface area (Å²) in [6.45, 7) is 6.09. The third kappa shape index (κ3) is 3.69. The van der Waals surface area contributed by atoms with E-state index in [1.54, 1.807) is 26.2 Å². The number of hydrogen-bond acceptors (Lipinski definition) is 5. The number of fused-ring (bicyclic) bond motifs is 1. The second-order valence-corrected chi connectivity index (χ2v) is 8.16. The van der Waals surface area contributed by atoms with E-state index in [4.69, 9.17) is 9.47 Å². The first-order valence-electron chi connectivity index (χ1n) is 8.88. The second-order valence-electron chi connectivity index (χ2n) is 7.25. The van der Waals surface area contributed by atoms with E-state index in [9.17, 15) is 9.90 Å². The highest BCUT2D eigenvalue weighted by molar-refractivity contribution is 9.10. The van der Waals surface area contributed by atoms with Crippen molar-refractivity contribution in [3.8, 4) is 5.75 Å². The molecule has 0 aromatic heterocycles. The van der Waals surface area contributed by atoms with Gasteiger partial charge in [-0.15, -0.1) is 0 Å². The zero-order chi connectivity index (χ0) is 19.8. The minimum atomic E-state index is -0.752. The molecule has 0 spiro atoms. The van der Waals surface area contributed by atoms with Crippen LogP contribution in [-0.4, -0.2) is 24.8 Å².